The molecule has 498 valence electrons. The van der Waals surface area contributed by atoms with E-state index in [0.29, 0.717) is 18.2 Å². The van der Waals surface area contributed by atoms with Gasteiger partial charge in [-0.15, -0.1) is 0 Å². The topological polar surface area (TPSA) is 198 Å². The molecule has 20 heteroatoms. The SMILES string of the molecule is CC(=O)c1cc(-c2ccc(Nc3ccc(N4CCOCC4)cc3)c3nccn23)ccc1C.CN(C)C1CCN(C(=O)c2ccc(Nc3ccc(-c4ccc5c(c4)CNC5=O)n4ccnc34)cc2)C1.c1cn2c(-c3ccc4cc[nH]c4c3)ccc(Nc3ccc(N4CCOCC4)cc3)c2n1. The van der Waals surface area contributed by atoms with E-state index in [1.807, 2.05) is 114 Å². The Balaban J connectivity index is 0.000000121. The number of carbonyl (C=O) groups is 3. The Bertz CT molecular complexity index is 5100. The number of nitrogens with zero attached hydrogens (tertiary/aromatic N) is 10. The third-order valence-corrected chi connectivity index (χ3v) is 19.1. The average molecular weight is 1320 g/mol. The number of anilines is 8. The van der Waals surface area contributed by atoms with Gasteiger partial charge in [0.15, 0.2) is 22.7 Å². The molecule has 0 spiro atoms. The molecule has 0 aliphatic carbocycles. The number of aromatic amines is 1. The molecule has 99 heavy (non-hydrogen) atoms. The highest BCUT2D eigenvalue weighted by molar-refractivity contribution is 5.99. The third kappa shape index (κ3) is 13.4. The van der Waals surface area contributed by atoms with Crippen LogP contribution in [-0.4, -0.2) is 146 Å². The van der Waals surface area contributed by atoms with Crippen molar-refractivity contribution in [2.45, 2.75) is 32.9 Å². The summed E-state index contributed by atoms with van der Waals surface area (Å²) < 4.78 is 17.1. The van der Waals surface area contributed by atoms with E-state index in [1.165, 1.54) is 16.8 Å². The number of aryl methyl sites for hydroxylation is 1. The number of likely N-dealkylation sites (N-methyl/N-ethyl adjacent to an activating group) is 1. The Morgan fingerprint density at radius 2 is 1.03 bits per heavy atom. The zero-order chi connectivity index (χ0) is 67.5. The minimum absolute atomic E-state index is 0.0187. The van der Waals surface area contributed by atoms with E-state index in [4.69, 9.17) is 9.47 Å². The third-order valence-electron chi connectivity index (χ3n) is 19.1. The second-order valence-corrected chi connectivity index (χ2v) is 25.6. The number of ether oxygens (including phenoxy) is 2. The van der Waals surface area contributed by atoms with Crippen molar-refractivity contribution in [3.05, 3.63) is 241 Å². The van der Waals surface area contributed by atoms with Crippen LogP contribution < -0.4 is 31.1 Å². The van der Waals surface area contributed by atoms with Gasteiger partial charge in [0.1, 0.15) is 0 Å². The lowest BCUT2D eigenvalue weighted by molar-refractivity contribution is 0.0782. The van der Waals surface area contributed by atoms with Crippen molar-refractivity contribution >= 4 is 90.9 Å². The molecule has 0 bridgehead atoms. The number of amides is 2. The predicted molar refractivity (Wildman–Crippen MR) is 393 cm³/mol. The summed E-state index contributed by atoms with van der Waals surface area (Å²) in [6.45, 7) is 12.6. The number of aromatic nitrogens is 7. The lowest BCUT2D eigenvalue weighted by Gasteiger charge is -2.29. The first-order valence-corrected chi connectivity index (χ1v) is 33.6. The van der Waals surface area contributed by atoms with Gasteiger partial charge in [0.25, 0.3) is 11.8 Å². The second kappa shape index (κ2) is 27.9. The van der Waals surface area contributed by atoms with Gasteiger partial charge < -0.3 is 55.3 Å². The maximum atomic E-state index is 12.9. The summed E-state index contributed by atoms with van der Waals surface area (Å²) in [6.07, 6.45) is 14.3. The fourth-order valence-electron chi connectivity index (χ4n) is 13.6. The summed E-state index contributed by atoms with van der Waals surface area (Å²) in [5, 5.41) is 14.6. The van der Waals surface area contributed by atoms with Crippen molar-refractivity contribution in [2.24, 2.45) is 0 Å². The molecule has 4 aliphatic rings. The summed E-state index contributed by atoms with van der Waals surface area (Å²) in [4.78, 5) is 62.7. The molecule has 3 fully saturated rings. The number of pyridine rings is 3. The lowest BCUT2D eigenvalue weighted by Crippen LogP contribution is -2.36. The van der Waals surface area contributed by atoms with Crippen molar-refractivity contribution in [3.63, 3.8) is 0 Å². The number of likely N-dealkylation sites (tertiary alicyclic amines) is 1. The van der Waals surface area contributed by atoms with Crippen molar-refractivity contribution < 1.29 is 23.9 Å². The molecule has 2 amide bonds. The van der Waals surface area contributed by atoms with Crippen LogP contribution in [-0.2, 0) is 16.0 Å². The first-order valence-electron chi connectivity index (χ1n) is 33.6. The number of H-pyrrole nitrogens is 1. The van der Waals surface area contributed by atoms with Gasteiger partial charge in [0, 0.05) is 151 Å². The summed E-state index contributed by atoms with van der Waals surface area (Å²) in [5.74, 6) is 0.136. The van der Waals surface area contributed by atoms with E-state index in [2.05, 4.69) is 182 Å². The molecule has 0 radical (unpaired) electrons. The van der Waals surface area contributed by atoms with Crippen LogP contribution >= 0.6 is 0 Å². The number of Topliss-reactive ketones (excluding diaryl/α,β-unsaturated/α-hetero) is 1. The van der Waals surface area contributed by atoms with Gasteiger partial charge in [-0.05, 0) is 202 Å². The van der Waals surface area contributed by atoms with Crippen molar-refractivity contribution in [1.82, 2.24) is 48.3 Å². The van der Waals surface area contributed by atoms with Crippen molar-refractivity contribution in [1.29, 1.82) is 0 Å². The van der Waals surface area contributed by atoms with Crippen LogP contribution in [0.15, 0.2) is 213 Å². The highest BCUT2D eigenvalue weighted by Crippen LogP contribution is 2.35. The van der Waals surface area contributed by atoms with Gasteiger partial charge >= 0.3 is 0 Å². The number of carbonyl (C=O) groups excluding carboxylic acids is 3. The van der Waals surface area contributed by atoms with Crippen LogP contribution in [0.1, 0.15) is 55.5 Å². The molecule has 1 unspecified atom stereocenters. The number of nitrogens with one attached hydrogen (secondary N) is 5. The first kappa shape index (κ1) is 63.5. The first-order chi connectivity index (χ1) is 48.4. The van der Waals surface area contributed by atoms with Gasteiger partial charge in [0.05, 0.1) is 60.6 Å². The molecular weight excluding hydrogens is 1240 g/mol. The zero-order valence-electron chi connectivity index (χ0n) is 55.8. The molecule has 13 aromatic rings. The van der Waals surface area contributed by atoms with Crippen LogP contribution in [0.25, 0.3) is 61.6 Å². The fourth-order valence-corrected chi connectivity index (χ4v) is 13.6. The van der Waals surface area contributed by atoms with Crippen LogP contribution in [0.5, 0.6) is 0 Å². The molecule has 20 nitrogen and oxygen atoms in total. The Hall–Kier alpha value is -11.6. The smallest absolute Gasteiger partial charge is 0.253 e. The van der Waals surface area contributed by atoms with Crippen LogP contribution in [0, 0.1) is 6.92 Å². The monoisotopic (exact) mass is 1320 g/mol. The standard InChI is InChI=1S/C28H28N6O2.C26H26N4O2.C25H23N5O/c1-32(2)22-11-13-33(17-22)28(36)18-3-6-21(7-4-18)31-24-9-10-25(34-14-12-29-26(24)34)19-5-8-23-20(15-19)16-30-27(23)35;1-18-3-4-20(17-23(18)19(2)31)25-10-9-24(26-27-11-12-30(25)26)28-21-5-7-22(8-6-21)29-13-15-32-16-14-29;1-2-19(17-23-18(1)9-10-26-23)24-8-7-22(25-27-11-12-30(24)25)28-20-3-5-21(6-4-20)29-13-15-31-16-14-29/h3-10,12,14-15,22,31H,11,13,16-17H2,1-2H3,(H,30,35);3-12,17,28H,13-16H2,1-2H3;1-12,17,26,28H,13-16H2. The number of benzene rings is 6. The highest BCUT2D eigenvalue weighted by atomic mass is 16.5. The Kier molecular flexibility index (Phi) is 17.9. The van der Waals surface area contributed by atoms with Crippen LogP contribution in [0.2, 0.25) is 0 Å². The van der Waals surface area contributed by atoms with E-state index in [1.54, 1.807) is 19.3 Å². The molecule has 6 aromatic carbocycles. The minimum atomic E-state index is -0.0187. The molecule has 4 aliphatic heterocycles. The quantitative estimate of drug-likeness (QED) is 0.0644. The zero-order valence-corrected chi connectivity index (χ0v) is 55.8. The number of hydrogen-bond acceptors (Lipinski definition) is 14. The van der Waals surface area contributed by atoms with Crippen LogP contribution in [0.4, 0.5) is 45.5 Å². The number of fused-ring (bicyclic) bond motifs is 5. The molecule has 0 saturated carbocycles. The van der Waals surface area contributed by atoms with Gasteiger partial charge in [-0.25, -0.2) is 15.0 Å². The number of imidazole rings is 3. The largest absolute Gasteiger partial charge is 0.378 e. The maximum Gasteiger partial charge on any atom is 0.253 e. The van der Waals surface area contributed by atoms with Gasteiger partial charge in [-0.1, -0.05) is 30.3 Å². The number of ketones is 1. The van der Waals surface area contributed by atoms with Crippen molar-refractivity contribution in [2.75, 3.05) is 106 Å². The van der Waals surface area contributed by atoms with E-state index < -0.39 is 0 Å². The van der Waals surface area contributed by atoms with E-state index in [9.17, 15) is 14.4 Å². The molecule has 1 atom stereocenters. The minimum Gasteiger partial charge on any atom is -0.378 e. The molecule has 3 saturated heterocycles. The van der Waals surface area contributed by atoms with E-state index >= 15 is 0 Å². The number of morpholine rings is 2. The number of hydrogen-bond donors (Lipinski definition) is 5. The maximum absolute atomic E-state index is 12.9. The summed E-state index contributed by atoms with van der Waals surface area (Å²) in [7, 11) is 4.13. The Labute approximate surface area is 573 Å². The van der Waals surface area contributed by atoms with Crippen LogP contribution in [0.3, 0.4) is 0 Å². The highest BCUT2D eigenvalue weighted by Gasteiger charge is 2.28. The Morgan fingerprint density at radius 3 is 1.54 bits per heavy atom. The summed E-state index contributed by atoms with van der Waals surface area (Å²) in [5.41, 5.74) is 22.3. The fraction of sp³-hybridized carbons (Fsp3) is 0.215. The van der Waals surface area contributed by atoms with E-state index in [-0.39, 0.29) is 17.6 Å². The van der Waals surface area contributed by atoms with Crippen molar-refractivity contribution in [3.8, 4) is 33.8 Å². The van der Waals surface area contributed by atoms with Gasteiger partial charge in [0.2, 0.25) is 0 Å². The normalized spacial score (nSPS) is 15.2. The molecule has 7 aromatic heterocycles. The average Bonchev–Trinajstić information content (AvgIpc) is 1.72. The molecule has 5 N–H and O–H groups in total. The molecule has 17 rings (SSSR count). The molecule has 11 heterocycles. The Morgan fingerprint density at radius 1 is 0.545 bits per heavy atom. The second-order valence-electron chi connectivity index (χ2n) is 25.6. The molecular formula is C79H77N15O5. The van der Waals surface area contributed by atoms with Gasteiger partial charge in [-0.3, -0.25) is 27.6 Å². The van der Waals surface area contributed by atoms with E-state index in [0.717, 1.165) is 185 Å². The predicted octanol–water partition coefficient (Wildman–Crippen LogP) is 13.9. The summed E-state index contributed by atoms with van der Waals surface area (Å²) in [6, 6.07) is 58.0. The number of rotatable bonds is 14. The van der Waals surface area contributed by atoms with Gasteiger partial charge in [-0.2, -0.15) is 0 Å². The lowest BCUT2D eigenvalue weighted by atomic mass is 10.00. The summed E-state index contributed by atoms with van der Waals surface area (Å²) >= 11 is 0.